The van der Waals surface area contributed by atoms with Gasteiger partial charge in [-0.1, -0.05) is 0 Å². The second-order valence-electron chi connectivity index (χ2n) is 6.05. The lowest BCUT2D eigenvalue weighted by molar-refractivity contribution is 0.0353. The van der Waals surface area contributed by atoms with Crippen LogP contribution in [0.25, 0.3) is 0 Å². The van der Waals surface area contributed by atoms with E-state index >= 15 is 0 Å². The van der Waals surface area contributed by atoms with Crippen LogP contribution in [0.15, 0.2) is 16.7 Å². The molecule has 0 aromatic carbocycles. The topological polar surface area (TPSA) is 45.6 Å². The van der Waals surface area contributed by atoms with Crippen LogP contribution in [0.1, 0.15) is 30.6 Å². The highest BCUT2D eigenvalue weighted by atomic mass is 16.3. The molecule has 2 saturated heterocycles. The number of fused-ring (bicyclic) bond motifs is 1. The molecule has 2 unspecified atom stereocenters. The van der Waals surface area contributed by atoms with Crippen LogP contribution in [0.2, 0.25) is 0 Å². The summed E-state index contributed by atoms with van der Waals surface area (Å²) in [5.74, 6) is 1.80. The van der Waals surface area contributed by atoms with Gasteiger partial charge >= 0.3 is 0 Å². The second kappa shape index (κ2) is 5.65. The Morgan fingerprint density at radius 1 is 1.37 bits per heavy atom. The third-order valence-corrected chi connectivity index (χ3v) is 4.85. The Hall–Kier alpha value is -0.840. The van der Waals surface area contributed by atoms with Crippen molar-refractivity contribution < 1.29 is 4.42 Å². The normalized spacial score (nSPS) is 29.4. The van der Waals surface area contributed by atoms with E-state index in [1.807, 2.05) is 0 Å². The zero-order valence-corrected chi connectivity index (χ0v) is 11.8. The molecule has 0 bridgehead atoms. The van der Waals surface area contributed by atoms with Crippen molar-refractivity contribution in [1.82, 2.24) is 9.80 Å². The fourth-order valence-corrected chi connectivity index (χ4v) is 3.80. The van der Waals surface area contributed by atoms with Gasteiger partial charge in [0.2, 0.25) is 0 Å². The minimum Gasteiger partial charge on any atom is -0.468 e. The van der Waals surface area contributed by atoms with Crippen LogP contribution < -0.4 is 5.73 Å². The summed E-state index contributed by atoms with van der Waals surface area (Å²) < 4.78 is 5.42. The number of nitrogens with zero attached hydrogens (tertiary/aromatic N) is 2. The van der Waals surface area contributed by atoms with Crippen molar-refractivity contribution in [3.63, 3.8) is 0 Å². The van der Waals surface area contributed by atoms with Crippen molar-refractivity contribution in [1.29, 1.82) is 0 Å². The number of rotatable bonds is 3. The van der Waals surface area contributed by atoms with E-state index in [1.165, 1.54) is 44.5 Å². The molecule has 2 fully saturated rings. The first-order valence-corrected chi connectivity index (χ1v) is 7.46. The quantitative estimate of drug-likeness (QED) is 0.901. The number of piperidine rings is 2. The van der Waals surface area contributed by atoms with Crippen LogP contribution in [-0.2, 0) is 13.1 Å². The molecule has 1 aromatic rings. The Labute approximate surface area is 115 Å². The van der Waals surface area contributed by atoms with E-state index in [1.54, 1.807) is 6.26 Å². The fourth-order valence-electron chi connectivity index (χ4n) is 3.80. The molecule has 106 valence electrons. The molecule has 0 radical (unpaired) electrons. The molecule has 19 heavy (non-hydrogen) atoms. The molecule has 0 aliphatic carbocycles. The highest BCUT2D eigenvalue weighted by Crippen LogP contribution is 2.30. The molecule has 3 rings (SSSR count). The molecular formula is C15H25N3O. The van der Waals surface area contributed by atoms with Gasteiger partial charge < -0.3 is 15.1 Å². The zero-order valence-electron chi connectivity index (χ0n) is 11.8. The molecule has 2 aliphatic rings. The molecule has 0 amide bonds. The van der Waals surface area contributed by atoms with Gasteiger partial charge in [-0.3, -0.25) is 4.90 Å². The standard InChI is InChI=1S/C15H25N3O/c1-17-6-2-3-12-10-18(7-4-14(12)17)11-13-5-8-19-15(13)9-16/h5,8,12,14H,2-4,6-7,9-11,16H2,1H3. The fraction of sp³-hybridized carbons (Fsp3) is 0.733. The third-order valence-electron chi connectivity index (χ3n) is 4.85. The summed E-state index contributed by atoms with van der Waals surface area (Å²) in [6.45, 7) is 5.20. The number of furan rings is 1. The molecule has 2 aliphatic heterocycles. The predicted molar refractivity (Wildman–Crippen MR) is 75.6 cm³/mol. The predicted octanol–water partition coefficient (Wildman–Crippen LogP) is 1.65. The van der Waals surface area contributed by atoms with Crippen molar-refractivity contribution in [2.45, 2.75) is 38.4 Å². The Balaban J connectivity index is 1.62. The van der Waals surface area contributed by atoms with Crippen molar-refractivity contribution in [3.05, 3.63) is 23.7 Å². The van der Waals surface area contributed by atoms with Gasteiger partial charge in [-0.2, -0.15) is 0 Å². The Morgan fingerprint density at radius 2 is 2.26 bits per heavy atom. The lowest BCUT2D eigenvalue weighted by Gasteiger charge is -2.46. The van der Waals surface area contributed by atoms with Crippen LogP contribution >= 0.6 is 0 Å². The number of hydrogen-bond donors (Lipinski definition) is 1. The molecular weight excluding hydrogens is 238 g/mol. The van der Waals surface area contributed by atoms with Gasteiger partial charge in [-0.25, -0.2) is 0 Å². The Kier molecular flexibility index (Phi) is 3.91. The van der Waals surface area contributed by atoms with Crippen molar-refractivity contribution in [2.24, 2.45) is 11.7 Å². The van der Waals surface area contributed by atoms with Crippen LogP contribution in [-0.4, -0.2) is 42.5 Å². The van der Waals surface area contributed by atoms with E-state index in [0.717, 1.165) is 24.3 Å². The Morgan fingerprint density at radius 3 is 3.11 bits per heavy atom. The number of hydrogen-bond acceptors (Lipinski definition) is 4. The van der Waals surface area contributed by atoms with Gasteiger partial charge in [0.1, 0.15) is 5.76 Å². The second-order valence-corrected chi connectivity index (χ2v) is 6.05. The van der Waals surface area contributed by atoms with Crippen molar-refractivity contribution in [2.75, 3.05) is 26.7 Å². The van der Waals surface area contributed by atoms with Crippen LogP contribution in [0.4, 0.5) is 0 Å². The molecule has 2 atom stereocenters. The first kappa shape index (κ1) is 13.2. The molecule has 4 heteroatoms. The third kappa shape index (κ3) is 2.71. The minimum atomic E-state index is 0.505. The molecule has 3 heterocycles. The maximum Gasteiger partial charge on any atom is 0.121 e. The van der Waals surface area contributed by atoms with Gasteiger partial charge in [0, 0.05) is 24.7 Å². The molecule has 0 spiro atoms. The number of nitrogens with two attached hydrogens (primary N) is 1. The van der Waals surface area contributed by atoms with E-state index in [4.69, 9.17) is 10.2 Å². The van der Waals surface area contributed by atoms with Crippen molar-refractivity contribution >= 4 is 0 Å². The summed E-state index contributed by atoms with van der Waals surface area (Å²) >= 11 is 0. The van der Waals surface area contributed by atoms with Crippen LogP contribution in [0.3, 0.4) is 0 Å². The van der Waals surface area contributed by atoms with Gasteiger partial charge in [-0.05, 0) is 51.4 Å². The monoisotopic (exact) mass is 263 g/mol. The van der Waals surface area contributed by atoms with Crippen LogP contribution in [0.5, 0.6) is 0 Å². The van der Waals surface area contributed by atoms with Crippen molar-refractivity contribution in [3.8, 4) is 0 Å². The summed E-state index contributed by atoms with van der Waals surface area (Å²) in [6, 6.07) is 2.88. The summed E-state index contributed by atoms with van der Waals surface area (Å²) in [6.07, 6.45) is 5.81. The van der Waals surface area contributed by atoms with E-state index in [2.05, 4.69) is 22.9 Å². The summed E-state index contributed by atoms with van der Waals surface area (Å²) in [5.41, 5.74) is 6.97. The average Bonchev–Trinajstić information content (AvgIpc) is 2.86. The largest absolute Gasteiger partial charge is 0.468 e. The highest BCUT2D eigenvalue weighted by molar-refractivity contribution is 5.16. The summed E-state index contributed by atoms with van der Waals surface area (Å²) in [4.78, 5) is 5.14. The smallest absolute Gasteiger partial charge is 0.121 e. The first-order chi connectivity index (χ1) is 9.28. The van der Waals surface area contributed by atoms with Crippen LogP contribution in [0, 0.1) is 5.92 Å². The lowest BCUT2D eigenvalue weighted by atomic mass is 9.84. The van der Waals surface area contributed by atoms with Gasteiger partial charge in [-0.15, -0.1) is 0 Å². The molecule has 0 saturated carbocycles. The first-order valence-electron chi connectivity index (χ1n) is 7.46. The molecule has 4 nitrogen and oxygen atoms in total. The molecule has 1 aromatic heterocycles. The summed E-state index contributed by atoms with van der Waals surface area (Å²) in [5, 5.41) is 0. The SMILES string of the molecule is CN1CCCC2CN(Cc3ccoc3CN)CCC21. The maximum absolute atomic E-state index is 5.71. The number of likely N-dealkylation sites (tertiary alicyclic amines) is 2. The van der Waals surface area contributed by atoms with Gasteiger partial charge in [0.05, 0.1) is 12.8 Å². The summed E-state index contributed by atoms with van der Waals surface area (Å²) in [7, 11) is 2.29. The zero-order chi connectivity index (χ0) is 13.2. The molecule has 2 N–H and O–H groups in total. The lowest BCUT2D eigenvalue weighted by Crippen LogP contribution is -2.52. The maximum atomic E-state index is 5.71. The average molecular weight is 263 g/mol. The van der Waals surface area contributed by atoms with E-state index in [0.29, 0.717) is 6.54 Å². The van der Waals surface area contributed by atoms with Gasteiger partial charge in [0.25, 0.3) is 0 Å². The highest BCUT2D eigenvalue weighted by Gasteiger charge is 2.34. The van der Waals surface area contributed by atoms with E-state index in [9.17, 15) is 0 Å². The minimum absolute atomic E-state index is 0.505. The van der Waals surface area contributed by atoms with E-state index < -0.39 is 0 Å². The van der Waals surface area contributed by atoms with E-state index in [-0.39, 0.29) is 0 Å². The van der Waals surface area contributed by atoms with Gasteiger partial charge in [0.15, 0.2) is 0 Å². The Bertz CT molecular complexity index is 417.